The number of hydroxylamine groups is 2. The quantitative estimate of drug-likeness (QED) is 0.502. The van der Waals surface area contributed by atoms with E-state index >= 15 is 0 Å². The molecule has 152 valence electrons. The smallest absolute Gasteiger partial charge is 0.340 e. The molecular formula is C21H29N3O4. The van der Waals surface area contributed by atoms with Crippen LogP contribution in [-0.2, 0) is 14.4 Å². The van der Waals surface area contributed by atoms with Gasteiger partial charge in [0.1, 0.15) is 0 Å². The maximum atomic E-state index is 13.3. The fourth-order valence-electron chi connectivity index (χ4n) is 4.06. The lowest BCUT2D eigenvalue weighted by molar-refractivity contribution is -0.162. The van der Waals surface area contributed by atoms with Crippen LogP contribution in [0.15, 0.2) is 30.3 Å². The van der Waals surface area contributed by atoms with E-state index in [1.807, 2.05) is 11.9 Å². The van der Waals surface area contributed by atoms with Crippen LogP contribution < -0.4 is 0 Å². The second-order valence-electron chi connectivity index (χ2n) is 7.87. The number of hydrogen-bond donors (Lipinski definition) is 0. The summed E-state index contributed by atoms with van der Waals surface area (Å²) in [5.41, 5.74) is -0.265. The zero-order chi connectivity index (χ0) is 20.1. The molecule has 2 unspecified atom stereocenters. The van der Waals surface area contributed by atoms with Crippen LogP contribution in [0.4, 0.5) is 0 Å². The third-order valence-corrected chi connectivity index (χ3v) is 5.85. The molecule has 7 nitrogen and oxygen atoms in total. The Balaban J connectivity index is 1.69. The van der Waals surface area contributed by atoms with Crippen LogP contribution in [0.25, 0.3) is 0 Å². The van der Waals surface area contributed by atoms with E-state index in [9.17, 15) is 14.4 Å². The zero-order valence-electron chi connectivity index (χ0n) is 16.7. The predicted octanol–water partition coefficient (Wildman–Crippen LogP) is 1.80. The van der Waals surface area contributed by atoms with Crippen LogP contribution in [0.5, 0.6) is 0 Å². The topological polar surface area (TPSA) is 70.2 Å². The van der Waals surface area contributed by atoms with E-state index < -0.39 is 11.4 Å². The highest BCUT2D eigenvalue weighted by Gasteiger charge is 2.61. The molecule has 2 amide bonds. The van der Waals surface area contributed by atoms with Crippen molar-refractivity contribution in [3.05, 3.63) is 35.9 Å². The third-order valence-electron chi connectivity index (χ3n) is 5.85. The number of carbonyl (C=O) groups excluding carboxylic acids is 3. The van der Waals surface area contributed by atoms with E-state index in [0.717, 1.165) is 37.4 Å². The molecule has 2 aliphatic rings. The monoisotopic (exact) mass is 387 g/mol. The van der Waals surface area contributed by atoms with Crippen LogP contribution in [0.1, 0.15) is 36.5 Å². The van der Waals surface area contributed by atoms with Gasteiger partial charge >= 0.3 is 5.97 Å². The van der Waals surface area contributed by atoms with Gasteiger partial charge in [0, 0.05) is 26.2 Å². The summed E-state index contributed by atoms with van der Waals surface area (Å²) >= 11 is 0. The van der Waals surface area contributed by atoms with E-state index in [-0.39, 0.29) is 18.4 Å². The molecule has 1 saturated heterocycles. The predicted molar refractivity (Wildman–Crippen MR) is 104 cm³/mol. The SMILES string of the molecule is CCCC1CC1(CN(C=O)OC(=O)c1ccccc1)C(=O)N1CCN(C)CC1. The molecule has 1 aliphatic heterocycles. The van der Waals surface area contributed by atoms with Crippen LogP contribution in [-0.4, -0.2) is 72.9 Å². The number of likely N-dealkylation sites (N-methyl/N-ethyl adjacent to an activating group) is 1. The Bertz CT molecular complexity index is 703. The lowest BCUT2D eigenvalue weighted by atomic mass is 9.98. The molecule has 3 rings (SSSR count). The molecule has 1 heterocycles. The van der Waals surface area contributed by atoms with Crippen LogP contribution in [0.2, 0.25) is 0 Å². The summed E-state index contributed by atoms with van der Waals surface area (Å²) in [6.45, 7) is 5.30. The van der Waals surface area contributed by atoms with Crippen molar-refractivity contribution in [1.29, 1.82) is 0 Å². The van der Waals surface area contributed by atoms with Gasteiger partial charge in [-0.15, -0.1) is 0 Å². The van der Waals surface area contributed by atoms with Crippen LogP contribution in [0.3, 0.4) is 0 Å². The second-order valence-corrected chi connectivity index (χ2v) is 7.87. The van der Waals surface area contributed by atoms with Crippen molar-refractivity contribution < 1.29 is 19.2 Å². The molecular weight excluding hydrogens is 358 g/mol. The third kappa shape index (κ3) is 4.35. The van der Waals surface area contributed by atoms with Gasteiger partial charge in [-0.2, -0.15) is 5.06 Å². The van der Waals surface area contributed by atoms with Gasteiger partial charge in [0.05, 0.1) is 17.5 Å². The molecule has 1 aliphatic carbocycles. The molecule has 0 bridgehead atoms. The van der Waals surface area contributed by atoms with E-state index in [1.165, 1.54) is 0 Å². The van der Waals surface area contributed by atoms with Crippen molar-refractivity contribution in [3.63, 3.8) is 0 Å². The lowest BCUT2D eigenvalue weighted by Crippen LogP contribution is -2.51. The molecule has 28 heavy (non-hydrogen) atoms. The Morgan fingerprint density at radius 2 is 1.89 bits per heavy atom. The Kier molecular flexibility index (Phi) is 6.34. The van der Waals surface area contributed by atoms with Crippen molar-refractivity contribution in [2.75, 3.05) is 39.8 Å². The average Bonchev–Trinajstić information content (AvgIpc) is 3.41. The lowest BCUT2D eigenvalue weighted by Gasteiger charge is -2.36. The minimum absolute atomic E-state index is 0.0849. The molecule has 1 aromatic carbocycles. The van der Waals surface area contributed by atoms with Gasteiger partial charge in [-0.1, -0.05) is 31.5 Å². The number of piperazine rings is 1. The van der Waals surface area contributed by atoms with Gasteiger partial charge in [-0.05, 0) is 37.9 Å². The Morgan fingerprint density at radius 1 is 1.21 bits per heavy atom. The minimum Gasteiger partial charge on any atom is -0.340 e. The fourth-order valence-corrected chi connectivity index (χ4v) is 4.06. The highest BCUT2D eigenvalue weighted by molar-refractivity contribution is 5.90. The summed E-state index contributed by atoms with van der Waals surface area (Å²) in [6.07, 6.45) is 3.15. The first-order valence-electron chi connectivity index (χ1n) is 9.97. The summed E-state index contributed by atoms with van der Waals surface area (Å²) in [5.74, 6) is -0.285. The molecule has 0 N–H and O–H groups in total. The van der Waals surface area contributed by atoms with Crippen molar-refractivity contribution in [1.82, 2.24) is 14.9 Å². The molecule has 1 aromatic rings. The second kappa shape index (κ2) is 8.73. The van der Waals surface area contributed by atoms with E-state index in [2.05, 4.69) is 11.8 Å². The number of amides is 2. The maximum absolute atomic E-state index is 13.3. The number of nitrogens with zero attached hydrogens (tertiary/aromatic N) is 3. The van der Waals surface area contributed by atoms with E-state index in [1.54, 1.807) is 30.3 Å². The van der Waals surface area contributed by atoms with Crippen LogP contribution >= 0.6 is 0 Å². The molecule has 7 heteroatoms. The Morgan fingerprint density at radius 3 is 2.50 bits per heavy atom. The summed E-state index contributed by atoms with van der Waals surface area (Å²) < 4.78 is 0. The van der Waals surface area contributed by atoms with Crippen molar-refractivity contribution >= 4 is 18.3 Å². The normalized spacial score (nSPS) is 24.5. The number of benzene rings is 1. The Hall–Kier alpha value is -2.41. The highest BCUT2D eigenvalue weighted by atomic mass is 16.7. The van der Waals surface area contributed by atoms with Gasteiger partial charge in [0.15, 0.2) is 0 Å². The highest BCUT2D eigenvalue weighted by Crippen LogP contribution is 2.56. The van der Waals surface area contributed by atoms with Crippen molar-refractivity contribution in [2.24, 2.45) is 11.3 Å². The molecule has 0 radical (unpaired) electrons. The fraction of sp³-hybridized carbons (Fsp3) is 0.571. The standard InChI is InChI=1S/C21H29N3O4/c1-3-7-18-14-21(18,20(27)23-12-10-22(2)11-13-23)15-24(16-25)28-19(26)17-8-5-4-6-9-17/h4-6,8-9,16,18H,3,7,10-15H2,1-2H3. The van der Waals surface area contributed by atoms with Gasteiger partial charge in [-0.3, -0.25) is 9.59 Å². The Labute approximate surface area is 166 Å². The first kappa shape index (κ1) is 20.3. The number of hydrogen-bond acceptors (Lipinski definition) is 5. The van der Waals surface area contributed by atoms with Crippen LogP contribution in [0, 0.1) is 11.3 Å². The molecule has 0 spiro atoms. The zero-order valence-corrected chi connectivity index (χ0v) is 16.7. The van der Waals surface area contributed by atoms with Crippen molar-refractivity contribution in [2.45, 2.75) is 26.2 Å². The number of rotatable bonds is 8. The largest absolute Gasteiger partial charge is 0.363 e. The summed E-state index contributed by atoms with van der Waals surface area (Å²) in [5, 5.41) is 0.999. The van der Waals surface area contributed by atoms with Crippen molar-refractivity contribution in [3.8, 4) is 0 Å². The number of carbonyl (C=O) groups is 3. The molecule has 2 atom stereocenters. The van der Waals surface area contributed by atoms with E-state index in [0.29, 0.717) is 25.1 Å². The van der Waals surface area contributed by atoms with Gasteiger partial charge < -0.3 is 14.6 Å². The van der Waals surface area contributed by atoms with Gasteiger partial charge in [0.2, 0.25) is 12.3 Å². The summed E-state index contributed by atoms with van der Waals surface area (Å²) in [6, 6.07) is 8.54. The maximum Gasteiger partial charge on any atom is 0.363 e. The van der Waals surface area contributed by atoms with Gasteiger partial charge in [-0.25, -0.2) is 4.79 Å². The molecule has 1 saturated carbocycles. The summed E-state index contributed by atoms with van der Waals surface area (Å²) in [7, 11) is 2.05. The molecule has 2 fully saturated rings. The summed E-state index contributed by atoms with van der Waals surface area (Å²) in [4.78, 5) is 46.6. The van der Waals surface area contributed by atoms with Gasteiger partial charge in [0.25, 0.3) is 0 Å². The average molecular weight is 387 g/mol. The first-order chi connectivity index (χ1) is 13.5. The first-order valence-corrected chi connectivity index (χ1v) is 9.97. The molecule has 0 aromatic heterocycles. The minimum atomic E-state index is -0.635. The van der Waals surface area contributed by atoms with E-state index in [4.69, 9.17) is 4.84 Å².